The van der Waals surface area contributed by atoms with Gasteiger partial charge in [-0.15, -0.1) is 0 Å². The molecule has 1 heterocycles. The summed E-state index contributed by atoms with van der Waals surface area (Å²) in [7, 11) is 3.69. The van der Waals surface area contributed by atoms with Gasteiger partial charge in [-0.05, 0) is 42.7 Å². The van der Waals surface area contributed by atoms with Gasteiger partial charge in [0.25, 0.3) is 0 Å². The Morgan fingerprint density at radius 3 is 2.69 bits per heavy atom. The Morgan fingerprint density at radius 1 is 1.24 bits per heavy atom. The number of amides is 1. The van der Waals surface area contributed by atoms with Crippen molar-refractivity contribution >= 4 is 28.8 Å². The van der Waals surface area contributed by atoms with E-state index < -0.39 is 6.09 Å². The van der Waals surface area contributed by atoms with Gasteiger partial charge in [0.05, 0.1) is 18.3 Å². The summed E-state index contributed by atoms with van der Waals surface area (Å²) >= 11 is 0. The number of aromatic nitrogens is 2. The van der Waals surface area contributed by atoms with Crippen LogP contribution in [0.5, 0.6) is 5.75 Å². The number of hydrogen-bond acceptors (Lipinski definition) is 5. The van der Waals surface area contributed by atoms with Gasteiger partial charge in [0.15, 0.2) is 0 Å². The fourth-order valence-corrected chi connectivity index (χ4v) is 3.37. The Kier molecular flexibility index (Phi) is 6.43. The minimum absolute atomic E-state index is 0.428. The molecule has 0 unspecified atom stereocenters. The van der Waals surface area contributed by atoms with Crippen LogP contribution < -0.4 is 20.7 Å². The summed E-state index contributed by atoms with van der Waals surface area (Å²) in [5.41, 5.74) is 10.2. The third-order valence-electron chi connectivity index (χ3n) is 4.86. The van der Waals surface area contributed by atoms with E-state index in [1.165, 1.54) is 5.56 Å². The van der Waals surface area contributed by atoms with E-state index in [-0.39, 0.29) is 0 Å². The number of nitrogens with one attached hydrogen (secondary N) is 1. The summed E-state index contributed by atoms with van der Waals surface area (Å²) in [5, 5.41) is 11.0. The van der Waals surface area contributed by atoms with Gasteiger partial charge in [-0.25, -0.2) is 9.78 Å². The Bertz CT molecular complexity index is 968. The number of unbranched alkanes of at least 4 members (excludes halogenated alkanes) is 1. The number of nitrogens with zero attached hydrogens (tertiary/aromatic N) is 3. The van der Waals surface area contributed by atoms with Crippen molar-refractivity contribution in [1.82, 2.24) is 14.9 Å². The average Bonchev–Trinajstić information content (AvgIpc) is 3.03. The fraction of sp³-hybridized carbons (Fsp3) is 0.333. The first-order valence-corrected chi connectivity index (χ1v) is 9.55. The average molecular weight is 397 g/mol. The summed E-state index contributed by atoms with van der Waals surface area (Å²) in [6.45, 7) is 1.85. The van der Waals surface area contributed by atoms with Gasteiger partial charge in [0.1, 0.15) is 11.3 Å². The van der Waals surface area contributed by atoms with Crippen LogP contribution in [0.25, 0.3) is 11.0 Å². The number of anilines is 2. The van der Waals surface area contributed by atoms with E-state index in [2.05, 4.69) is 15.2 Å². The van der Waals surface area contributed by atoms with Crippen LogP contribution in [0.4, 0.5) is 16.4 Å². The van der Waals surface area contributed by atoms with E-state index in [1.54, 1.807) is 7.11 Å². The zero-order valence-electron chi connectivity index (χ0n) is 16.8. The number of para-hydroxylation sites is 1. The molecule has 0 bridgehead atoms. The van der Waals surface area contributed by atoms with Crippen LogP contribution in [0.3, 0.4) is 0 Å². The topological polar surface area (TPSA) is 106 Å². The van der Waals surface area contributed by atoms with E-state index in [0.29, 0.717) is 19.0 Å². The molecule has 0 fully saturated rings. The number of carbonyl (C=O) groups is 1. The molecule has 3 aromatic rings. The highest BCUT2D eigenvalue weighted by Gasteiger charge is 2.14. The Morgan fingerprint density at radius 2 is 2.00 bits per heavy atom. The Balaban J connectivity index is 1.74. The molecular weight excluding hydrogens is 370 g/mol. The Labute approximate surface area is 169 Å². The highest BCUT2D eigenvalue weighted by atomic mass is 16.5. The van der Waals surface area contributed by atoms with Crippen LogP contribution in [0.1, 0.15) is 18.4 Å². The standard InChI is InChI=1S/C21H27N5O3/c1-25(14-15-8-10-16(29-2)11-9-15)17-6-5-7-18-19(17)24-20(22)26(18)13-4-3-12-23-21(27)28/h5-11,23H,3-4,12-14H2,1-2H3,(H2,22,24)(H,27,28). The predicted molar refractivity (Wildman–Crippen MR) is 115 cm³/mol. The zero-order chi connectivity index (χ0) is 20.8. The third kappa shape index (κ3) is 4.90. The number of hydrogen-bond donors (Lipinski definition) is 3. The highest BCUT2D eigenvalue weighted by Crippen LogP contribution is 2.29. The monoisotopic (exact) mass is 397 g/mol. The summed E-state index contributed by atoms with van der Waals surface area (Å²) < 4.78 is 7.21. The molecule has 0 saturated carbocycles. The molecule has 4 N–H and O–H groups in total. The molecule has 1 aromatic heterocycles. The number of carboxylic acid groups (broad SMARTS) is 1. The van der Waals surface area contributed by atoms with Crippen molar-refractivity contribution in [3.05, 3.63) is 48.0 Å². The number of benzene rings is 2. The lowest BCUT2D eigenvalue weighted by Gasteiger charge is -2.20. The highest BCUT2D eigenvalue weighted by molar-refractivity contribution is 5.90. The molecule has 1 amide bonds. The van der Waals surface area contributed by atoms with Gasteiger partial charge in [-0.1, -0.05) is 18.2 Å². The normalized spacial score (nSPS) is 10.8. The molecule has 2 aromatic carbocycles. The lowest BCUT2D eigenvalue weighted by molar-refractivity contribution is 0.194. The summed E-state index contributed by atoms with van der Waals surface area (Å²) in [6, 6.07) is 14.1. The minimum atomic E-state index is -0.998. The lowest BCUT2D eigenvalue weighted by atomic mass is 10.2. The number of rotatable bonds is 9. The lowest BCUT2D eigenvalue weighted by Crippen LogP contribution is -2.22. The maximum Gasteiger partial charge on any atom is 0.404 e. The van der Waals surface area contributed by atoms with Crippen molar-refractivity contribution in [3.63, 3.8) is 0 Å². The van der Waals surface area contributed by atoms with Gasteiger partial charge < -0.3 is 30.4 Å². The number of fused-ring (bicyclic) bond motifs is 1. The van der Waals surface area contributed by atoms with E-state index >= 15 is 0 Å². The first-order valence-electron chi connectivity index (χ1n) is 9.55. The molecule has 0 spiro atoms. The molecule has 29 heavy (non-hydrogen) atoms. The number of methoxy groups -OCH3 is 1. The first kappa shape index (κ1) is 20.3. The number of aryl methyl sites for hydroxylation is 1. The quantitative estimate of drug-likeness (QED) is 0.478. The largest absolute Gasteiger partial charge is 0.497 e. The molecule has 0 aliphatic heterocycles. The number of ether oxygens (including phenoxy) is 1. The molecule has 3 rings (SSSR count). The number of nitrogen functional groups attached to an aromatic ring is 1. The number of nitrogens with two attached hydrogens (primary N) is 1. The van der Waals surface area contributed by atoms with Crippen molar-refractivity contribution in [2.75, 3.05) is 31.3 Å². The van der Waals surface area contributed by atoms with E-state index in [4.69, 9.17) is 15.6 Å². The van der Waals surface area contributed by atoms with Gasteiger partial charge in [0, 0.05) is 26.7 Å². The SMILES string of the molecule is COc1ccc(CN(C)c2cccc3c2nc(N)n3CCCCNC(=O)O)cc1. The second-order valence-corrected chi connectivity index (χ2v) is 6.91. The molecule has 0 saturated heterocycles. The van der Waals surface area contributed by atoms with Crippen LogP contribution in [-0.4, -0.2) is 41.5 Å². The predicted octanol–water partition coefficient (Wildman–Crippen LogP) is 3.31. The maximum absolute atomic E-state index is 10.5. The second kappa shape index (κ2) is 9.18. The van der Waals surface area contributed by atoms with Gasteiger partial charge in [0.2, 0.25) is 5.95 Å². The van der Waals surface area contributed by atoms with E-state index in [0.717, 1.165) is 41.9 Å². The van der Waals surface area contributed by atoms with Crippen molar-refractivity contribution in [3.8, 4) is 5.75 Å². The fourth-order valence-electron chi connectivity index (χ4n) is 3.37. The summed E-state index contributed by atoms with van der Waals surface area (Å²) in [5.74, 6) is 1.31. The first-order chi connectivity index (χ1) is 14.0. The maximum atomic E-state index is 10.5. The minimum Gasteiger partial charge on any atom is -0.497 e. The Hall–Kier alpha value is -3.42. The van der Waals surface area contributed by atoms with Crippen molar-refractivity contribution in [2.45, 2.75) is 25.9 Å². The molecular formula is C21H27N5O3. The van der Waals surface area contributed by atoms with Crippen molar-refractivity contribution < 1.29 is 14.6 Å². The third-order valence-corrected chi connectivity index (χ3v) is 4.86. The molecule has 0 atom stereocenters. The molecule has 0 radical (unpaired) electrons. The molecule has 154 valence electrons. The van der Waals surface area contributed by atoms with Crippen molar-refractivity contribution in [2.24, 2.45) is 0 Å². The summed E-state index contributed by atoms with van der Waals surface area (Å²) in [6.07, 6.45) is 0.548. The van der Waals surface area contributed by atoms with Gasteiger partial charge in [-0.2, -0.15) is 0 Å². The van der Waals surface area contributed by atoms with Crippen molar-refractivity contribution in [1.29, 1.82) is 0 Å². The van der Waals surface area contributed by atoms with E-state index in [9.17, 15) is 4.79 Å². The molecule has 8 heteroatoms. The zero-order valence-corrected chi connectivity index (χ0v) is 16.8. The van der Waals surface area contributed by atoms with Gasteiger partial charge >= 0.3 is 6.09 Å². The molecule has 0 aliphatic carbocycles. The van der Waals surface area contributed by atoms with Crippen LogP contribution in [0, 0.1) is 0 Å². The van der Waals surface area contributed by atoms with Crippen LogP contribution in [0.2, 0.25) is 0 Å². The van der Waals surface area contributed by atoms with Gasteiger partial charge in [-0.3, -0.25) is 0 Å². The van der Waals surface area contributed by atoms with Crippen LogP contribution >= 0.6 is 0 Å². The summed E-state index contributed by atoms with van der Waals surface area (Å²) in [4.78, 5) is 17.3. The molecule has 0 aliphatic rings. The van der Waals surface area contributed by atoms with Crippen LogP contribution in [0.15, 0.2) is 42.5 Å². The smallest absolute Gasteiger partial charge is 0.404 e. The van der Waals surface area contributed by atoms with Crippen LogP contribution in [-0.2, 0) is 13.1 Å². The second-order valence-electron chi connectivity index (χ2n) is 6.91. The van der Waals surface area contributed by atoms with E-state index in [1.807, 2.05) is 54.1 Å². The number of imidazole rings is 1. The molecule has 8 nitrogen and oxygen atoms in total.